The molecule has 1 amide bonds. The lowest BCUT2D eigenvalue weighted by Gasteiger charge is -2.21. The van der Waals surface area contributed by atoms with Crippen molar-refractivity contribution in [3.8, 4) is 0 Å². The van der Waals surface area contributed by atoms with Gasteiger partial charge >= 0.3 is 0 Å². The van der Waals surface area contributed by atoms with Crippen LogP contribution in [-0.4, -0.2) is 11.9 Å². The summed E-state index contributed by atoms with van der Waals surface area (Å²) < 4.78 is 0. The maximum Gasteiger partial charge on any atom is 0.237 e. The summed E-state index contributed by atoms with van der Waals surface area (Å²) in [4.78, 5) is 12.0. The first-order valence-corrected chi connectivity index (χ1v) is 6.65. The number of nitrogens with one attached hydrogen (secondary N) is 1. The fourth-order valence-corrected chi connectivity index (χ4v) is 2.03. The molecule has 0 aliphatic heterocycles. The molecule has 4 heteroatoms. The second-order valence-corrected chi connectivity index (χ2v) is 5.07. The van der Waals surface area contributed by atoms with Crippen LogP contribution in [0.4, 0.5) is 0 Å². The van der Waals surface area contributed by atoms with Crippen molar-refractivity contribution < 1.29 is 4.79 Å². The van der Waals surface area contributed by atoms with Crippen molar-refractivity contribution in [1.29, 1.82) is 0 Å². The second-order valence-electron chi connectivity index (χ2n) is 4.66. The molecule has 0 heterocycles. The largest absolute Gasteiger partial charge is 0.348 e. The van der Waals surface area contributed by atoms with E-state index in [-0.39, 0.29) is 17.9 Å². The molecule has 2 unspecified atom stereocenters. The van der Waals surface area contributed by atoms with Crippen LogP contribution in [0.1, 0.15) is 38.8 Å². The first-order valence-electron chi connectivity index (χ1n) is 6.27. The highest BCUT2D eigenvalue weighted by Crippen LogP contribution is 2.22. The van der Waals surface area contributed by atoms with E-state index in [0.29, 0.717) is 5.02 Å². The fourth-order valence-electron chi connectivity index (χ4n) is 1.73. The number of carbonyl (C=O) groups is 1. The van der Waals surface area contributed by atoms with Crippen LogP contribution in [0.2, 0.25) is 5.02 Å². The minimum atomic E-state index is -0.472. The van der Waals surface area contributed by atoms with Crippen molar-refractivity contribution in [2.45, 2.75) is 39.3 Å². The molecule has 1 aromatic carbocycles. The Labute approximate surface area is 114 Å². The highest BCUT2D eigenvalue weighted by molar-refractivity contribution is 6.31. The van der Waals surface area contributed by atoms with Crippen molar-refractivity contribution in [2.24, 2.45) is 11.7 Å². The third-order valence-electron chi connectivity index (χ3n) is 3.29. The molecule has 0 saturated heterocycles. The Morgan fingerprint density at radius 1 is 1.39 bits per heavy atom. The zero-order valence-corrected chi connectivity index (χ0v) is 11.9. The Kier molecular flexibility index (Phi) is 5.63. The zero-order chi connectivity index (χ0) is 13.7. The van der Waals surface area contributed by atoms with E-state index in [0.717, 1.165) is 12.0 Å². The lowest BCUT2D eigenvalue weighted by molar-refractivity contribution is -0.124. The van der Waals surface area contributed by atoms with Gasteiger partial charge in [-0.1, -0.05) is 50.1 Å². The minimum Gasteiger partial charge on any atom is -0.348 e. The van der Waals surface area contributed by atoms with Crippen molar-refractivity contribution in [3.63, 3.8) is 0 Å². The van der Waals surface area contributed by atoms with Gasteiger partial charge in [0.25, 0.3) is 0 Å². The van der Waals surface area contributed by atoms with Gasteiger partial charge in [-0.15, -0.1) is 0 Å². The zero-order valence-electron chi connectivity index (χ0n) is 11.1. The number of benzene rings is 1. The average Bonchev–Trinajstić information content (AvgIpc) is 2.37. The van der Waals surface area contributed by atoms with Gasteiger partial charge in [0.1, 0.15) is 0 Å². The van der Waals surface area contributed by atoms with Crippen LogP contribution in [0.5, 0.6) is 0 Å². The lowest BCUT2D eigenvalue weighted by atomic mass is 9.98. The average molecular weight is 269 g/mol. The van der Waals surface area contributed by atoms with Gasteiger partial charge in [-0.05, 0) is 24.5 Å². The molecule has 1 rings (SSSR count). The molecule has 0 aliphatic rings. The highest BCUT2D eigenvalue weighted by Gasteiger charge is 2.21. The summed E-state index contributed by atoms with van der Waals surface area (Å²) in [6.07, 6.45) is 0.884. The molecule has 0 fully saturated rings. The predicted octanol–water partition coefficient (Wildman–Crippen LogP) is 2.89. The number of carbonyl (C=O) groups excluding carboxylic acids is 1. The molecule has 18 heavy (non-hydrogen) atoms. The molecule has 3 atom stereocenters. The van der Waals surface area contributed by atoms with Crippen molar-refractivity contribution >= 4 is 17.5 Å². The number of hydrogen-bond acceptors (Lipinski definition) is 2. The van der Waals surface area contributed by atoms with Crippen molar-refractivity contribution in [1.82, 2.24) is 5.32 Å². The number of halogens is 1. The van der Waals surface area contributed by atoms with Gasteiger partial charge in [-0.2, -0.15) is 0 Å². The van der Waals surface area contributed by atoms with E-state index in [1.54, 1.807) is 0 Å². The quantitative estimate of drug-likeness (QED) is 0.863. The van der Waals surface area contributed by atoms with E-state index in [1.165, 1.54) is 0 Å². The molecule has 1 aromatic rings. The Bertz CT molecular complexity index is 409. The number of hydrogen-bond donors (Lipinski definition) is 2. The van der Waals surface area contributed by atoms with Gasteiger partial charge in [0.15, 0.2) is 0 Å². The molecule has 0 radical (unpaired) electrons. The summed E-state index contributed by atoms with van der Waals surface area (Å²) in [5.74, 6) is 0.0419. The third-order valence-corrected chi connectivity index (χ3v) is 3.63. The van der Waals surface area contributed by atoms with E-state index in [9.17, 15) is 4.79 Å². The molecule has 100 valence electrons. The third kappa shape index (κ3) is 3.72. The van der Waals surface area contributed by atoms with Crippen LogP contribution in [0.25, 0.3) is 0 Å². The summed E-state index contributed by atoms with van der Waals surface area (Å²) in [6.45, 7) is 5.90. The molecule has 3 N–H and O–H groups in total. The van der Waals surface area contributed by atoms with Crippen LogP contribution >= 0.6 is 11.6 Å². The van der Waals surface area contributed by atoms with Gasteiger partial charge < -0.3 is 11.1 Å². The summed E-state index contributed by atoms with van der Waals surface area (Å²) in [6, 6.07) is 6.88. The first-order chi connectivity index (χ1) is 8.47. The highest BCUT2D eigenvalue weighted by atomic mass is 35.5. The minimum absolute atomic E-state index is 0.128. The molecular formula is C14H21ClN2O. The molecule has 0 aliphatic carbocycles. The Hall–Kier alpha value is -1.06. The standard InChI is InChI=1S/C14H21ClN2O/c1-4-9(2)13(16)14(18)17-10(3)11-7-5-6-8-12(11)15/h5-10,13H,4,16H2,1-3H3,(H,17,18)/t9?,10-,13?/m0/s1. The van der Waals surface area contributed by atoms with E-state index in [4.69, 9.17) is 17.3 Å². The molecule has 0 aromatic heterocycles. The van der Waals surface area contributed by atoms with Gasteiger partial charge in [0.2, 0.25) is 5.91 Å². The van der Waals surface area contributed by atoms with Crippen LogP contribution in [0.15, 0.2) is 24.3 Å². The first kappa shape index (κ1) is 15.0. The molecule has 0 spiro atoms. The van der Waals surface area contributed by atoms with Crippen molar-refractivity contribution in [3.05, 3.63) is 34.9 Å². The van der Waals surface area contributed by atoms with Gasteiger partial charge in [-0.25, -0.2) is 0 Å². The summed E-state index contributed by atoms with van der Waals surface area (Å²) in [7, 11) is 0. The molecule has 0 saturated carbocycles. The lowest BCUT2D eigenvalue weighted by Crippen LogP contribution is -2.45. The topological polar surface area (TPSA) is 55.1 Å². The van der Waals surface area contributed by atoms with Crippen molar-refractivity contribution in [2.75, 3.05) is 0 Å². The van der Waals surface area contributed by atoms with E-state index < -0.39 is 6.04 Å². The number of amides is 1. The molecular weight excluding hydrogens is 248 g/mol. The van der Waals surface area contributed by atoms with E-state index in [2.05, 4.69) is 5.32 Å². The number of rotatable bonds is 5. The van der Waals surface area contributed by atoms with Gasteiger partial charge in [0.05, 0.1) is 12.1 Å². The Balaban J connectivity index is 2.68. The SMILES string of the molecule is CCC(C)C(N)C(=O)N[C@@H](C)c1ccccc1Cl. The number of nitrogens with two attached hydrogens (primary N) is 1. The van der Waals surface area contributed by atoms with Gasteiger partial charge in [0, 0.05) is 5.02 Å². The van der Waals surface area contributed by atoms with Crippen LogP contribution in [-0.2, 0) is 4.79 Å². The molecule has 0 bridgehead atoms. The predicted molar refractivity (Wildman–Crippen MR) is 75.4 cm³/mol. The van der Waals surface area contributed by atoms with E-state index in [1.807, 2.05) is 45.0 Å². The Morgan fingerprint density at radius 3 is 2.56 bits per heavy atom. The Morgan fingerprint density at radius 2 is 2.00 bits per heavy atom. The monoisotopic (exact) mass is 268 g/mol. The summed E-state index contributed by atoms with van der Waals surface area (Å²) >= 11 is 6.09. The van der Waals surface area contributed by atoms with Crippen LogP contribution in [0.3, 0.4) is 0 Å². The normalized spacial score (nSPS) is 15.8. The maximum absolute atomic E-state index is 12.0. The van der Waals surface area contributed by atoms with Crippen LogP contribution in [0, 0.1) is 5.92 Å². The van der Waals surface area contributed by atoms with E-state index >= 15 is 0 Å². The maximum atomic E-state index is 12.0. The fraction of sp³-hybridized carbons (Fsp3) is 0.500. The second kappa shape index (κ2) is 6.76. The summed E-state index contributed by atoms with van der Waals surface area (Å²) in [5.41, 5.74) is 6.80. The smallest absolute Gasteiger partial charge is 0.237 e. The summed E-state index contributed by atoms with van der Waals surface area (Å²) in [5, 5.41) is 3.56. The van der Waals surface area contributed by atoms with Crippen LogP contribution < -0.4 is 11.1 Å². The molecule has 3 nitrogen and oxygen atoms in total. The van der Waals surface area contributed by atoms with Gasteiger partial charge in [-0.3, -0.25) is 4.79 Å².